The summed E-state index contributed by atoms with van der Waals surface area (Å²) < 4.78 is 13.6. The molecule has 0 aliphatic carbocycles. The number of benzene rings is 1. The summed E-state index contributed by atoms with van der Waals surface area (Å²) in [6.45, 7) is 0. The molecule has 7 heteroatoms. The number of Topliss-reactive ketones (excluding diaryl/α,β-unsaturated/α-hetero) is 1. The van der Waals surface area contributed by atoms with E-state index >= 15 is 0 Å². The minimum absolute atomic E-state index is 0.00370. The van der Waals surface area contributed by atoms with Gasteiger partial charge in [0.15, 0.2) is 11.6 Å². The van der Waals surface area contributed by atoms with Gasteiger partial charge in [-0.2, -0.15) is 4.80 Å². The summed E-state index contributed by atoms with van der Waals surface area (Å²) in [5.74, 6) is -0.397. The number of carbonyl (C=O) groups excluding carboxylic acids is 1. The Labute approximate surface area is 105 Å². The van der Waals surface area contributed by atoms with Crippen molar-refractivity contribution in [3.63, 3.8) is 0 Å². The van der Waals surface area contributed by atoms with Gasteiger partial charge in [0, 0.05) is 10.0 Å². The Morgan fingerprint density at radius 2 is 2.24 bits per heavy atom. The molecule has 0 unspecified atom stereocenters. The molecule has 1 aromatic carbocycles. The predicted octanol–water partition coefficient (Wildman–Crippen LogP) is 1.54. The molecule has 0 aliphatic rings. The number of tetrazole rings is 1. The number of halogens is 2. The highest BCUT2D eigenvalue weighted by Gasteiger charge is 2.12. The van der Waals surface area contributed by atoms with Crippen LogP contribution in [-0.4, -0.2) is 26.0 Å². The number of rotatable bonds is 3. The third-order valence-electron chi connectivity index (χ3n) is 2.05. The van der Waals surface area contributed by atoms with Crippen molar-refractivity contribution in [3.8, 4) is 0 Å². The van der Waals surface area contributed by atoms with Gasteiger partial charge in [-0.15, -0.1) is 10.2 Å². The second-order valence-corrected chi connectivity index (χ2v) is 4.37. The molecule has 0 amide bonds. The zero-order valence-electron chi connectivity index (χ0n) is 8.89. The van der Waals surface area contributed by atoms with Crippen LogP contribution in [0.1, 0.15) is 16.2 Å². The molecule has 0 saturated carbocycles. The number of carbonyl (C=O) groups is 1. The van der Waals surface area contributed by atoms with Gasteiger partial charge >= 0.3 is 0 Å². The van der Waals surface area contributed by atoms with Crippen LogP contribution >= 0.6 is 15.9 Å². The van der Waals surface area contributed by atoms with E-state index in [1.54, 1.807) is 13.1 Å². The van der Waals surface area contributed by atoms with E-state index < -0.39 is 5.82 Å². The summed E-state index contributed by atoms with van der Waals surface area (Å²) >= 11 is 3.13. The van der Waals surface area contributed by atoms with Gasteiger partial charge in [-0.3, -0.25) is 4.79 Å². The average molecular weight is 299 g/mol. The van der Waals surface area contributed by atoms with E-state index in [4.69, 9.17) is 0 Å². The van der Waals surface area contributed by atoms with Crippen molar-refractivity contribution < 1.29 is 9.18 Å². The van der Waals surface area contributed by atoms with Gasteiger partial charge in [-0.05, 0) is 23.4 Å². The lowest BCUT2D eigenvalue weighted by atomic mass is 10.1. The minimum atomic E-state index is -0.463. The van der Waals surface area contributed by atoms with Crippen LogP contribution in [-0.2, 0) is 13.5 Å². The third kappa shape index (κ3) is 2.94. The fraction of sp³-hybridized carbons (Fsp3) is 0.200. The third-order valence-corrected chi connectivity index (χ3v) is 2.51. The first-order chi connectivity index (χ1) is 8.04. The highest BCUT2D eigenvalue weighted by Crippen LogP contribution is 2.16. The maximum Gasteiger partial charge on any atom is 0.182 e. The molecule has 2 aromatic rings. The highest BCUT2D eigenvalue weighted by atomic mass is 79.9. The number of hydrogen-bond donors (Lipinski definition) is 0. The van der Waals surface area contributed by atoms with E-state index in [2.05, 4.69) is 31.3 Å². The van der Waals surface area contributed by atoms with Crippen LogP contribution in [0, 0.1) is 5.82 Å². The molecule has 1 heterocycles. The van der Waals surface area contributed by atoms with Crippen molar-refractivity contribution in [1.29, 1.82) is 0 Å². The molecule has 0 spiro atoms. The lowest BCUT2D eigenvalue weighted by Crippen LogP contribution is -2.06. The Bertz CT molecular complexity index is 549. The van der Waals surface area contributed by atoms with Gasteiger partial charge in [0.1, 0.15) is 5.82 Å². The monoisotopic (exact) mass is 298 g/mol. The standard InChI is InChI=1S/C10H8BrFN4O/c1-16-14-10(13-15-16)5-9(17)6-2-7(11)4-8(12)3-6/h2-4H,5H2,1H3. The maximum atomic E-state index is 13.1. The van der Waals surface area contributed by atoms with Crippen molar-refractivity contribution in [1.82, 2.24) is 20.2 Å². The van der Waals surface area contributed by atoms with E-state index in [1.165, 1.54) is 16.9 Å². The number of hydrogen-bond acceptors (Lipinski definition) is 4. The van der Waals surface area contributed by atoms with Crippen molar-refractivity contribution in [2.75, 3.05) is 0 Å². The molecule has 1 aromatic heterocycles. The molecule has 5 nitrogen and oxygen atoms in total. The summed E-state index contributed by atoms with van der Waals surface area (Å²) in [4.78, 5) is 13.1. The molecule has 0 radical (unpaired) electrons. The lowest BCUT2D eigenvalue weighted by molar-refractivity contribution is 0.0990. The van der Waals surface area contributed by atoms with Gasteiger partial charge < -0.3 is 0 Å². The molecule has 0 saturated heterocycles. The van der Waals surface area contributed by atoms with Crippen molar-refractivity contribution in [3.05, 3.63) is 39.9 Å². The van der Waals surface area contributed by atoms with E-state index in [1.807, 2.05) is 0 Å². The normalized spacial score (nSPS) is 10.5. The fourth-order valence-corrected chi connectivity index (χ4v) is 1.82. The SMILES string of the molecule is Cn1nnc(CC(=O)c2cc(F)cc(Br)c2)n1. The smallest absolute Gasteiger partial charge is 0.182 e. The number of aryl methyl sites for hydroxylation is 1. The second kappa shape index (κ2) is 4.70. The molecular weight excluding hydrogens is 291 g/mol. The van der Waals surface area contributed by atoms with Gasteiger partial charge in [0.25, 0.3) is 0 Å². The van der Waals surface area contributed by atoms with Crippen LogP contribution in [0.15, 0.2) is 22.7 Å². The first kappa shape index (κ1) is 11.8. The summed E-state index contributed by atoms with van der Waals surface area (Å²) in [5.41, 5.74) is 0.282. The van der Waals surface area contributed by atoms with Gasteiger partial charge in [0.2, 0.25) is 0 Å². The van der Waals surface area contributed by atoms with E-state index in [9.17, 15) is 9.18 Å². The summed E-state index contributed by atoms with van der Waals surface area (Å²) in [5, 5.41) is 11.2. The summed E-state index contributed by atoms with van der Waals surface area (Å²) in [6, 6.07) is 4.03. The zero-order chi connectivity index (χ0) is 12.4. The first-order valence-electron chi connectivity index (χ1n) is 4.77. The molecule has 0 atom stereocenters. The molecule has 0 fully saturated rings. The van der Waals surface area contributed by atoms with E-state index in [-0.39, 0.29) is 17.8 Å². The first-order valence-corrected chi connectivity index (χ1v) is 5.56. The molecule has 0 bridgehead atoms. The molecule has 88 valence electrons. The Kier molecular flexibility index (Phi) is 3.28. The molecular formula is C10H8BrFN4O. The van der Waals surface area contributed by atoms with Crippen LogP contribution in [0.2, 0.25) is 0 Å². The Morgan fingerprint density at radius 1 is 1.47 bits per heavy atom. The van der Waals surface area contributed by atoms with Crippen molar-refractivity contribution >= 4 is 21.7 Å². The fourth-order valence-electron chi connectivity index (χ4n) is 1.35. The zero-order valence-corrected chi connectivity index (χ0v) is 10.5. The average Bonchev–Trinajstić information content (AvgIpc) is 2.62. The Morgan fingerprint density at radius 3 is 2.82 bits per heavy atom. The van der Waals surface area contributed by atoms with Gasteiger partial charge in [-0.25, -0.2) is 4.39 Å². The van der Waals surface area contributed by atoms with Gasteiger partial charge in [0.05, 0.1) is 13.5 Å². The largest absolute Gasteiger partial charge is 0.294 e. The molecule has 0 N–H and O–H groups in total. The van der Waals surface area contributed by atoms with Crippen LogP contribution in [0.4, 0.5) is 4.39 Å². The van der Waals surface area contributed by atoms with Crippen molar-refractivity contribution in [2.24, 2.45) is 7.05 Å². The number of nitrogens with zero attached hydrogens (tertiary/aromatic N) is 4. The molecule has 0 aliphatic heterocycles. The number of ketones is 1. The highest BCUT2D eigenvalue weighted by molar-refractivity contribution is 9.10. The topological polar surface area (TPSA) is 60.7 Å². The number of aromatic nitrogens is 4. The van der Waals surface area contributed by atoms with Crippen molar-refractivity contribution in [2.45, 2.75) is 6.42 Å². The van der Waals surface area contributed by atoms with E-state index in [0.29, 0.717) is 10.3 Å². The minimum Gasteiger partial charge on any atom is -0.294 e. The Balaban J connectivity index is 2.19. The Hall–Kier alpha value is -1.63. The predicted molar refractivity (Wildman–Crippen MR) is 60.9 cm³/mol. The lowest BCUT2D eigenvalue weighted by Gasteiger charge is -1.99. The quantitative estimate of drug-likeness (QED) is 0.807. The maximum absolute atomic E-state index is 13.1. The van der Waals surface area contributed by atoms with Crippen LogP contribution in [0.25, 0.3) is 0 Å². The van der Waals surface area contributed by atoms with E-state index in [0.717, 1.165) is 0 Å². The summed E-state index contributed by atoms with van der Waals surface area (Å²) in [7, 11) is 1.61. The van der Waals surface area contributed by atoms with Crippen LogP contribution in [0.5, 0.6) is 0 Å². The van der Waals surface area contributed by atoms with Gasteiger partial charge in [-0.1, -0.05) is 15.9 Å². The van der Waals surface area contributed by atoms with Crippen LogP contribution in [0.3, 0.4) is 0 Å². The second-order valence-electron chi connectivity index (χ2n) is 3.45. The molecule has 2 rings (SSSR count). The van der Waals surface area contributed by atoms with Crippen LogP contribution < -0.4 is 0 Å². The summed E-state index contributed by atoms with van der Waals surface area (Å²) in [6.07, 6.45) is 0.00370. The molecule has 17 heavy (non-hydrogen) atoms.